The molecule has 1 amide bonds. The van der Waals surface area contributed by atoms with Gasteiger partial charge in [0, 0.05) is 17.8 Å². The highest BCUT2D eigenvalue weighted by Gasteiger charge is 2.04. The minimum Gasteiger partial charge on any atom is -0.484 e. The number of nitrogens with one attached hydrogen (secondary N) is 2. The van der Waals surface area contributed by atoms with Gasteiger partial charge in [0.2, 0.25) is 0 Å². The molecule has 3 rings (SSSR count). The van der Waals surface area contributed by atoms with E-state index in [9.17, 15) is 4.79 Å². The number of aromatic nitrogens is 1. The summed E-state index contributed by atoms with van der Waals surface area (Å²) in [6.45, 7) is 2.55. The SMILES string of the molecule is Cc1cc2cc(CNC(=O)COc3ccccc3)ccc2[nH]1. The lowest BCUT2D eigenvalue weighted by Crippen LogP contribution is -2.28. The van der Waals surface area contributed by atoms with Crippen molar-refractivity contribution in [2.45, 2.75) is 13.5 Å². The molecule has 0 saturated carbocycles. The fourth-order valence-electron chi connectivity index (χ4n) is 2.35. The van der Waals surface area contributed by atoms with Crippen LogP contribution in [-0.4, -0.2) is 17.5 Å². The average molecular weight is 294 g/mol. The molecule has 4 heteroatoms. The van der Waals surface area contributed by atoms with Crippen LogP contribution in [0.15, 0.2) is 54.6 Å². The van der Waals surface area contributed by atoms with Crippen LogP contribution in [0.3, 0.4) is 0 Å². The predicted molar refractivity (Wildman–Crippen MR) is 86.8 cm³/mol. The maximum Gasteiger partial charge on any atom is 0.258 e. The lowest BCUT2D eigenvalue weighted by molar-refractivity contribution is -0.123. The highest BCUT2D eigenvalue weighted by molar-refractivity contribution is 5.81. The van der Waals surface area contributed by atoms with Gasteiger partial charge < -0.3 is 15.0 Å². The van der Waals surface area contributed by atoms with Gasteiger partial charge in [0.15, 0.2) is 6.61 Å². The van der Waals surface area contributed by atoms with Gasteiger partial charge in [-0.3, -0.25) is 4.79 Å². The van der Waals surface area contributed by atoms with Crippen LogP contribution >= 0.6 is 0 Å². The van der Waals surface area contributed by atoms with Crippen LogP contribution in [0.5, 0.6) is 5.75 Å². The third kappa shape index (κ3) is 3.47. The van der Waals surface area contributed by atoms with Gasteiger partial charge in [-0.2, -0.15) is 0 Å². The van der Waals surface area contributed by atoms with Crippen molar-refractivity contribution >= 4 is 16.8 Å². The summed E-state index contributed by atoms with van der Waals surface area (Å²) in [6.07, 6.45) is 0. The number of ether oxygens (including phenoxy) is 1. The minimum atomic E-state index is -0.130. The van der Waals surface area contributed by atoms with E-state index >= 15 is 0 Å². The maximum absolute atomic E-state index is 11.8. The quantitative estimate of drug-likeness (QED) is 0.759. The normalized spacial score (nSPS) is 10.6. The molecule has 22 heavy (non-hydrogen) atoms. The Bertz CT molecular complexity index is 778. The van der Waals surface area contributed by atoms with Gasteiger partial charge >= 0.3 is 0 Å². The lowest BCUT2D eigenvalue weighted by Gasteiger charge is -2.07. The molecule has 4 nitrogen and oxygen atoms in total. The van der Waals surface area contributed by atoms with Crippen molar-refractivity contribution in [2.24, 2.45) is 0 Å². The van der Waals surface area contributed by atoms with Crippen LogP contribution in [0.4, 0.5) is 0 Å². The Morgan fingerprint density at radius 2 is 1.95 bits per heavy atom. The fraction of sp³-hybridized carbons (Fsp3) is 0.167. The fourth-order valence-corrected chi connectivity index (χ4v) is 2.35. The van der Waals surface area contributed by atoms with Crippen molar-refractivity contribution in [3.8, 4) is 5.75 Å². The third-order valence-corrected chi connectivity index (χ3v) is 3.42. The lowest BCUT2D eigenvalue weighted by atomic mass is 10.1. The van der Waals surface area contributed by atoms with Crippen LogP contribution in [0.25, 0.3) is 10.9 Å². The Labute approximate surface area is 129 Å². The van der Waals surface area contributed by atoms with Crippen molar-refractivity contribution in [3.63, 3.8) is 0 Å². The van der Waals surface area contributed by atoms with Gasteiger partial charge in [0.25, 0.3) is 5.91 Å². The number of para-hydroxylation sites is 1. The van der Waals surface area contributed by atoms with E-state index in [0.29, 0.717) is 12.3 Å². The number of aryl methyl sites for hydroxylation is 1. The van der Waals surface area contributed by atoms with Gasteiger partial charge in [-0.1, -0.05) is 24.3 Å². The molecule has 0 radical (unpaired) electrons. The van der Waals surface area contributed by atoms with Crippen molar-refractivity contribution in [2.75, 3.05) is 6.61 Å². The Morgan fingerprint density at radius 3 is 2.77 bits per heavy atom. The Balaban J connectivity index is 1.53. The number of hydrogen-bond acceptors (Lipinski definition) is 2. The molecule has 0 aliphatic heterocycles. The van der Waals surface area contributed by atoms with Crippen molar-refractivity contribution in [1.82, 2.24) is 10.3 Å². The van der Waals surface area contributed by atoms with Crippen LogP contribution in [0.2, 0.25) is 0 Å². The van der Waals surface area contributed by atoms with E-state index in [4.69, 9.17) is 4.74 Å². The van der Waals surface area contributed by atoms with E-state index in [0.717, 1.165) is 22.2 Å². The monoisotopic (exact) mass is 294 g/mol. The molecule has 0 unspecified atom stereocenters. The summed E-state index contributed by atoms with van der Waals surface area (Å²) < 4.78 is 5.41. The molecule has 112 valence electrons. The molecule has 0 spiro atoms. The first kappa shape index (κ1) is 14.2. The highest BCUT2D eigenvalue weighted by Crippen LogP contribution is 2.16. The first-order valence-corrected chi connectivity index (χ1v) is 7.23. The van der Waals surface area contributed by atoms with E-state index in [2.05, 4.69) is 22.4 Å². The predicted octanol–water partition coefficient (Wildman–Crippen LogP) is 3.17. The van der Waals surface area contributed by atoms with Gasteiger partial charge in [-0.05, 0) is 48.2 Å². The second kappa shape index (κ2) is 6.35. The number of H-pyrrole nitrogens is 1. The Morgan fingerprint density at radius 1 is 1.14 bits per heavy atom. The number of benzene rings is 2. The molecule has 0 fully saturated rings. The molecule has 0 atom stereocenters. The van der Waals surface area contributed by atoms with Crippen LogP contribution in [0, 0.1) is 6.92 Å². The van der Waals surface area contributed by atoms with E-state index < -0.39 is 0 Å². The summed E-state index contributed by atoms with van der Waals surface area (Å²) in [5.41, 5.74) is 3.31. The summed E-state index contributed by atoms with van der Waals surface area (Å²) in [6, 6.07) is 17.5. The van der Waals surface area contributed by atoms with Gasteiger partial charge in [0.1, 0.15) is 5.75 Å². The second-order valence-corrected chi connectivity index (χ2v) is 5.25. The molecule has 1 heterocycles. The largest absolute Gasteiger partial charge is 0.484 e. The molecule has 1 aromatic heterocycles. The van der Waals surface area contributed by atoms with E-state index in [1.54, 1.807) is 0 Å². The van der Waals surface area contributed by atoms with Crippen molar-refractivity contribution < 1.29 is 9.53 Å². The summed E-state index contributed by atoms with van der Waals surface area (Å²) >= 11 is 0. The van der Waals surface area contributed by atoms with Gasteiger partial charge in [-0.15, -0.1) is 0 Å². The van der Waals surface area contributed by atoms with E-state index in [1.807, 2.05) is 49.4 Å². The van der Waals surface area contributed by atoms with Crippen LogP contribution in [0.1, 0.15) is 11.3 Å². The molecular formula is C18H18N2O2. The Kier molecular flexibility index (Phi) is 4.10. The molecular weight excluding hydrogens is 276 g/mol. The zero-order chi connectivity index (χ0) is 15.4. The minimum absolute atomic E-state index is 0.0233. The smallest absolute Gasteiger partial charge is 0.258 e. The number of carbonyl (C=O) groups is 1. The van der Waals surface area contributed by atoms with Gasteiger partial charge in [-0.25, -0.2) is 0 Å². The van der Waals surface area contributed by atoms with E-state index in [1.165, 1.54) is 0 Å². The number of aromatic amines is 1. The van der Waals surface area contributed by atoms with Crippen LogP contribution in [-0.2, 0) is 11.3 Å². The zero-order valence-electron chi connectivity index (χ0n) is 12.4. The Hall–Kier alpha value is -2.75. The van der Waals surface area contributed by atoms with Crippen molar-refractivity contribution in [3.05, 3.63) is 65.9 Å². The molecule has 2 N–H and O–H groups in total. The number of fused-ring (bicyclic) bond motifs is 1. The second-order valence-electron chi connectivity index (χ2n) is 5.25. The molecule has 2 aromatic carbocycles. The standard InChI is InChI=1S/C18H18N2O2/c1-13-9-15-10-14(7-8-17(15)20-13)11-19-18(21)12-22-16-5-3-2-4-6-16/h2-10,20H,11-12H2,1H3,(H,19,21). The molecule has 0 aliphatic rings. The maximum atomic E-state index is 11.8. The molecule has 3 aromatic rings. The first-order chi connectivity index (χ1) is 10.7. The van der Waals surface area contributed by atoms with Crippen molar-refractivity contribution in [1.29, 1.82) is 0 Å². The van der Waals surface area contributed by atoms with E-state index in [-0.39, 0.29) is 12.5 Å². The number of carbonyl (C=O) groups excluding carboxylic acids is 1. The highest BCUT2D eigenvalue weighted by atomic mass is 16.5. The van der Waals surface area contributed by atoms with Crippen LogP contribution < -0.4 is 10.1 Å². The topological polar surface area (TPSA) is 54.1 Å². The summed E-state index contributed by atoms with van der Waals surface area (Å²) in [7, 11) is 0. The number of amides is 1. The summed E-state index contributed by atoms with van der Waals surface area (Å²) in [4.78, 5) is 15.1. The molecule has 0 bridgehead atoms. The third-order valence-electron chi connectivity index (χ3n) is 3.42. The number of rotatable bonds is 5. The molecule has 0 saturated heterocycles. The van der Waals surface area contributed by atoms with Gasteiger partial charge in [0.05, 0.1) is 0 Å². The first-order valence-electron chi connectivity index (χ1n) is 7.23. The summed E-state index contributed by atoms with van der Waals surface area (Å²) in [5, 5.41) is 4.02. The summed E-state index contributed by atoms with van der Waals surface area (Å²) in [5.74, 6) is 0.566. The average Bonchev–Trinajstić information content (AvgIpc) is 2.91. The zero-order valence-corrected chi connectivity index (χ0v) is 12.4. The molecule has 0 aliphatic carbocycles. The number of hydrogen-bond donors (Lipinski definition) is 2.